The second kappa shape index (κ2) is 35.5. The molecule has 3 heteroatoms. The second-order valence-corrected chi connectivity index (χ2v) is 12.3. The summed E-state index contributed by atoms with van der Waals surface area (Å²) in [5.74, 6) is 0.0198. The maximum Gasteiger partial charge on any atom is 0.305 e. The zero-order valence-corrected chi connectivity index (χ0v) is 26.8. The van der Waals surface area contributed by atoms with Crippen molar-refractivity contribution in [3.8, 4) is 0 Å². The Bertz CT molecular complexity index is 451. The molecule has 3 nitrogen and oxygen atoms in total. The summed E-state index contributed by atoms with van der Waals surface area (Å²) >= 11 is 0. The third-order valence-electron chi connectivity index (χ3n) is 8.30. The molecule has 0 atom stereocenters. The Kier molecular flexibility index (Phi) is 34.9. The van der Waals surface area contributed by atoms with Crippen molar-refractivity contribution in [3.63, 3.8) is 0 Å². The first-order valence-corrected chi connectivity index (χ1v) is 18.1. The third kappa shape index (κ3) is 35.4. The number of ether oxygens (including phenoxy) is 1. The summed E-state index contributed by atoms with van der Waals surface area (Å²) < 4.78 is 5.44. The van der Waals surface area contributed by atoms with Gasteiger partial charge in [0.15, 0.2) is 0 Å². The van der Waals surface area contributed by atoms with Crippen molar-refractivity contribution in [2.75, 3.05) is 13.2 Å². The van der Waals surface area contributed by atoms with E-state index in [-0.39, 0.29) is 5.97 Å². The normalized spacial score (nSPS) is 11.3. The van der Waals surface area contributed by atoms with Crippen molar-refractivity contribution in [1.29, 1.82) is 0 Å². The van der Waals surface area contributed by atoms with Crippen LogP contribution in [0.15, 0.2) is 0 Å². The largest absolute Gasteiger partial charge is 0.466 e. The van der Waals surface area contributed by atoms with Crippen LogP contribution in [0.25, 0.3) is 0 Å². The molecule has 0 heterocycles. The van der Waals surface area contributed by atoms with Crippen molar-refractivity contribution in [2.24, 2.45) is 0 Å². The average molecular weight is 553 g/mol. The van der Waals surface area contributed by atoms with E-state index < -0.39 is 0 Å². The molecule has 39 heavy (non-hydrogen) atoms. The molecule has 0 saturated carbocycles. The van der Waals surface area contributed by atoms with Crippen LogP contribution < -0.4 is 0 Å². The molecule has 0 aliphatic carbocycles. The van der Waals surface area contributed by atoms with Crippen LogP contribution in [0.2, 0.25) is 0 Å². The molecule has 0 aromatic rings. The Hall–Kier alpha value is -0.570. The zero-order valence-electron chi connectivity index (χ0n) is 26.8. The van der Waals surface area contributed by atoms with Crippen LogP contribution in [0.3, 0.4) is 0 Å². The molecule has 234 valence electrons. The summed E-state index contributed by atoms with van der Waals surface area (Å²) in [5, 5.41) is 8.78. The minimum absolute atomic E-state index is 0.0198. The summed E-state index contributed by atoms with van der Waals surface area (Å²) in [6, 6.07) is 0. The molecule has 0 saturated heterocycles. The third-order valence-corrected chi connectivity index (χ3v) is 8.30. The van der Waals surface area contributed by atoms with Gasteiger partial charge in [0.1, 0.15) is 0 Å². The molecular weight excluding hydrogens is 480 g/mol. The smallest absolute Gasteiger partial charge is 0.305 e. The van der Waals surface area contributed by atoms with Crippen LogP contribution in [0.5, 0.6) is 0 Å². The van der Waals surface area contributed by atoms with E-state index in [0.717, 1.165) is 19.3 Å². The first-order valence-electron chi connectivity index (χ1n) is 18.1. The number of aliphatic hydroxyl groups excluding tert-OH is 1. The van der Waals surface area contributed by atoms with Gasteiger partial charge < -0.3 is 9.84 Å². The van der Waals surface area contributed by atoms with E-state index in [1.165, 1.54) is 180 Å². The lowest BCUT2D eigenvalue weighted by molar-refractivity contribution is -0.143. The molecule has 0 rings (SSSR count). The fourth-order valence-electron chi connectivity index (χ4n) is 5.59. The molecule has 0 unspecified atom stereocenters. The molecule has 0 radical (unpaired) electrons. The summed E-state index contributed by atoms with van der Waals surface area (Å²) in [5.41, 5.74) is 0. The lowest BCUT2D eigenvalue weighted by atomic mass is 10.0. The molecule has 0 amide bonds. The van der Waals surface area contributed by atoms with Gasteiger partial charge in [0, 0.05) is 13.0 Å². The van der Waals surface area contributed by atoms with Crippen LogP contribution in [-0.4, -0.2) is 24.3 Å². The predicted molar refractivity (Wildman–Crippen MR) is 171 cm³/mol. The summed E-state index contributed by atoms with van der Waals surface area (Å²) in [6.45, 7) is 3.27. The lowest BCUT2D eigenvalue weighted by Crippen LogP contribution is -2.05. The fraction of sp³-hybridized carbons (Fsp3) is 0.972. The Balaban J connectivity index is 3.14. The van der Waals surface area contributed by atoms with Crippen LogP contribution in [0.4, 0.5) is 0 Å². The number of aliphatic hydroxyl groups is 1. The molecule has 0 aliphatic rings. The van der Waals surface area contributed by atoms with Crippen LogP contribution in [0.1, 0.15) is 212 Å². The molecule has 0 aromatic carbocycles. The highest BCUT2D eigenvalue weighted by atomic mass is 16.5. The van der Waals surface area contributed by atoms with Gasteiger partial charge in [0.2, 0.25) is 0 Å². The van der Waals surface area contributed by atoms with Crippen LogP contribution in [-0.2, 0) is 9.53 Å². The van der Waals surface area contributed by atoms with Gasteiger partial charge in [-0.3, -0.25) is 4.79 Å². The topological polar surface area (TPSA) is 46.5 Å². The SMILES string of the molecule is CCCCCCCCCCCCCCCCCC(=O)OCCCCCCCCCCCCCCCCCCO. The number of carbonyl (C=O) groups excluding carboxylic acids is 1. The molecule has 0 aliphatic heterocycles. The highest BCUT2D eigenvalue weighted by molar-refractivity contribution is 5.69. The molecule has 0 fully saturated rings. The minimum Gasteiger partial charge on any atom is -0.466 e. The van der Waals surface area contributed by atoms with E-state index in [9.17, 15) is 4.79 Å². The number of unbranched alkanes of at least 4 members (excludes halogenated alkanes) is 29. The van der Waals surface area contributed by atoms with E-state index in [2.05, 4.69) is 6.92 Å². The first kappa shape index (κ1) is 38.4. The highest BCUT2D eigenvalue weighted by Crippen LogP contribution is 2.15. The van der Waals surface area contributed by atoms with Gasteiger partial charge in [-0.2, -0.15) is 0 Å². The molecule has 0 aromatic heterocycles. The summed E-state index contributed by atoms with van der Waals surface area (Å²) in [6.07, 6.45) is 41.7. The van der Waals surface area contributed by atoms with E-state index in [4.69, 9.17) is 9.84 Å². The molecular formula is C36H72O3. The number of hydrogen-bond donors (Lipinski definition) is 1. The Morgan fingerprint density at radius 2 is 0.692 bits per heavy atom. The van der Waals surface area contributed by atoms with Crippen LogP contribution in [0, 0.1) is 0 Å². The van der Waals surface area contributed by atoms with Gasteiger partial charge in [-0.25, -0.2) is 0 Å². The maximum absolute atomic E-state index is 11.9. The number of esters is 1. The van der Waals surface area contributed by atoms with Gasteiger partial charge in [-0.05, 0) is 19.3 Å². The standard InChI is InChI=1S/C36H72O3/c1-2-3-4-5-6-7-8-9-12-15-18-21-24-27-30-33-36(38)39-35-32-29-26-23-20-17-14-11-10-13-16-19-22-25-28-31-34-37/h37H,2-35H2,1H3. The maximum atomic E-state index is 11.9. The first-order chi connectivity index (χ1) is 19.3. The zero-order chi connectivity index (χ0) is 28.3. The second-order valence-electron chi connectivity index (χ2n) is 12.3. The molecule has 1 N–H and O–H groups in total. The van der Waals surface area contributed by atoms with E-state index in [0.29, 0.717) is 19.6 Å². The monoisotopic (exact) mass is 553 g/mol. The van der Waals surface area contributed by atoms with E-state index >= 15 is 0 Å². The molecule has 0 spiro atoms. The van der Waals surface area contributed by atoms with Crippen molar-refractivity contribution >= 4 is 5.97 Å². The number of carbonyl (C=O) groups is 1. The van der Waals surface area contributed by atoms with Crippen LogP contribution >= 0.6 is 0 Å². The summed E-state index contributed by atoms with van der Waals surface area (Å²) in [4.78, 5) is 11.9. The Morgan fingerprint density at radius 3 is 1.03 bits per heavy atom. The van der Waals surface area contributed by atoms with E-state index in [1.807, 2.05) is 0 Å². The number of hydrogen-bond acceptors (Lipinski definition) is 3. The minimum atomic E-state index is 0.0198. The fourth-order valence-corrected chi connectivity index (χ4v) is 5.59. The summed E-state index contributed by atoms with van der Waals surface area (Å²) in [7, 11) is 0. The van der Waals surface area contributed by atoms with Gasteiger partial charge in [0.25, 0.3) is 0 Å². The molecule has 0 bridgehead atoms. The van der Waals surface area contributed by atoms with Crippen molar-refractivity contribution in [3.05, 3.63) is 0 Å². The Morgan fingerprint density at radius 1 is 0.410 bits per heavy atom. The lowest BCUT2D eigenvalue weighted by Gasteiger charge is -2.06. The van der Waals surface area contributed by atoms with Gasteiger partial charge in [-0.1, -0.05) is 187 Å². The predicted octanol–water partition coefficient (Wildman–Crippen LogP) is 12.0. The van der Waals surface area contributed by atoms with Crippen molar-refractivity contribution < 1.29 is 14.6 Å². The average Bonchev–Trinajstić information content (AvgIpc) is 2.94. The van der Waals surface area contributed by atoms with Gasteiger partial charge in [-0.15, -0.1) is 0 Å². The highest BCUT2D eigenvalue weighted by Gasteiger charge is 2.03. The van der Waals surface area contributed by atoms with Gasteiger partial charge >= 0.3 is 5.97 Å². The van der Waals surface area contributed by atoms with Gasteiger partial charge in [0.05, 0.1) is 6.61 Å². The quantitative estimate of drug-likeness (QED) is 0.0637. The van der Waals surface area contributed by atoms with Crippen molar-refractivity contribution in [2.45, 2.75) is 212 Å². The van der Waals surface area contributed by atoms with E-state index in [1.54, 1.807) is 0 Å². The van der Waals surface area contributed by atoms with Crippen molar-refractivity contribution in [1.82, 2.24) is 0 Å². The Labute approximate surface area is 246 Å². The number of rotatable bonds is 34.